The molecule has 0 aliphatic rings. The Kier molecular flexibility index (Phi) is 3.99. The van der Waals surface area contributed by atoms with Crippen molar-refractivity contribution in [3.63, 3.8) is 0 Å². The molecular formula is C16H10N4O2S. The molecule has 1 heterocycles. The molecule has 112 valence electrons. The number of fused-ring (bicyclic) bond motifs is 1. The molecule has 3 rings (SSSR count). The zero-order valence-corrected chi connectivity index (χ0v) is 12.5. The maximum Gasteiger partial charge on any atom is 0.335 e. The molecule has 1 aromatic heterocycles. The van der Waals surface area contributed by atoms with Gasteiger partial charge in [-0.05, 0) is 30.3 Å². The number of hydrazone groups is 1. The molecule has 0 aliphatic carbocycles. The van der Waals surface area contributed by atoms with Crippen molar-refractivity contribution in [3.8, 4) is 6.07 Å². The van der Waals surface area contributed by atoms with Crippen LogP contribution in [0.4, 0.5) is 5.69 Å². The van der Waals surface area contributed by atoms with E-state index in [1.165, 1.54) is 23.5 Å². The SMILES string of the molecule is N#CC(=NNc1cccc(C(=O)O)c1)c1nc2ccccc2s1. The average molecular weight is 322 g/mol. The number of aromatic carboxylic acids is 1. The third-order valence-corrected chi connectivity index (χ3v) is 4.05. The zero-order valence-electron chi connectivity index (χ0n) is 11.7. The van der Waals surface area contributed by atoms with E-state index in [0.717, 1.165) is 10.2 Å². The van der Waals surface area contributed by atoms with Gasteiger partial charge in [0.25, 0.3) is 0 Å². The molecule has 3 aromatic rings. The van der Waals surface area contributed by atoms with Crippen LogP contribution in [0.1, 0.15) is 15.4 Å². The van der Waals surface area contributed by atoms with E-state index in [2.05, 4.69) is 15.5 Å². The van der Waals surface area contributed by atoms with Gasteiger partial charge in [0.1, 0.15) is 6.07 Å². The molecule has 0 aliphatic heterocycles. The second kappa shape index (κ2) is 6.25. The lowest BCUT2D eigenvalue weighted by Gasteiger charge is -2.01. The molecule has 0 fully saturated rings. The monoisotopic (exact) mass is 322 g/mol. The van der Waals surface area contributed by atoms with Crippen LogP contribution in [-0.2, 0) is 0 Å². The number of carbonyl (C=O) groups is 1. The number of aromatic nitrogens is 1. The normalized spacial score (nSPS) is 11.2. The largest absolute Gasteiger partial charge is 0.478 e. The Morgan fingerprint density at radius 3 is 2.83 bits per heavy atom. The molecule has 7 heteroatoms. The van der Waals surface area contributed by atoms with Crippen LogP contribution < -0.4 is 5.43 Å². The summed E-state index contributed by atoms with van der Waals surface area (Å²) in [5.41, 5.74) is 4.28. The van der Waals surface area contributed by atoms with Crippen molar-refractivity contribution in [3.05, 3.63) is 59.1 Å². The van der Waals surface area contributed by atoms with Crippen LogP contribution in [0.3, 0.4) is 0 Å². The number of benzene rings is 2. The maximum absolute atomic E-state index is 10.9. The fourth-order valence-corrected chi connectivity index (χ4v) is 2.84. The summed E-state index contributed by atoms with van der Waals surface area (Å²) in [4.78, 5) is 15.3. The van der Waals surface area contributed by atoms with Crippen LogP contribution in [0, 0.1) is 11.3 Å². The smallest absolute Gasteiger partial charge is 0.335 e. The molecule has 23 heavy (non-hydrogen) atoms. The van der Waals surface area contributed by atoms with Gasteiger partial charge in [-0.25, -0.2) is 9.78 Å². The summed E-state index contributed by atoms with van der Waals surface area (Å²) in [6.07, 6.45) is 0. The first-order chi connectivity index (χ1) is 11.2. The van der Waals surface area contributed by atoms with Crippen molar-refractivity contribution in [1.29, 1.82) is 5.26 Å². The van der Waals surface area contributed by atoms with Crippen LogP contribution in [-0.4, -0.2) is 21.8 Å². The topological polar surface area (TPSA) is 98.4 Å². The highest BCUT2D eigenvalue weighted by molar-refractivity contribution is 7.20. The number of anilines is 1. The fraction of sp³-hybridized carbons (Fsp3) is 0. The number of nitrogens with zero attached hydrogens (tertiary/aromatic N) is 3. The van der Waals surface area contributed by atoms with Gasteiger partial charge in [0.15, 0.2) is 10.7 Å². The van der Waals surface area contributed by atoms with E-state index in [9.17, 15) is 10.1 Å². The molecule has 0 unspecified atom stereocenters. The lowest BCUT2D eigenvalue weighted by atomic mass is 10.2. The Balaban J connectivity index is 1.89. The third kappa shape index (κ3) is 3.17. The third-order valence-electron chi connectivity index (χ3n) is 3.01. The van der Waals surface area contributed by atoms with E-state index < -0.39 is 5.97 Å². The summed E-state index contributed by atoms with van der Waals surface area (Å²) < 4.78 is 0.971. The van der Waals surface area contributed by atoms with E-state index >= 15 is 0 Å². The maximum atomic E-state index is 10.9. The lowest BCUT2D eigenvalue weighted by molar-refractivity contribution is 0.0697. The van der Waals surface area contributed by atoms with Crippen LogP contribution in [0.15, 0.2) is 53.6 Å². The predicted octanol–water partition coefficient (Wildman–Crippen LogP) is 3.33. The van der Waals surface area contributed by atoms with Crippen molar-refractivity contribution in [2.75, 3.05) is 5.43 Å². The minimum absolute atomic E-state index is 0.142. The number of nitriles is 1. The Morgan fingerprint density at radius 1 is 1.26 bits per heavy atom. The fourth-order valence-electron chi connectivity index (χ4n) is 1.94. The first kappa shape index (κ1) is 14.7. The van der Waals surface area contributed by atoms with Crippen LogP contribution in [0.25, 0.3) is 10.2 Å². The summed E-state index contributed by atoms with van der Waals surface area (Å²) in [7, 11) is 0. The van der Waals surface area contributed by atoms with E-state index in [-0.39, 0.29) is 11.3 Å². The molecule has 2 N–H and O–H groups in total. The minimum Gasteiger partial charge on any atom is -0.478 e. The van der Waals surface area contributed by atoms with Crippen LogP contribution in [0.2, 0.25) is 0 Å². The van der Waals surface area contributed by atoms with Gasteiger partial charge in [-0.1, -0.05) is 18.2 Å². The first-order valence-electron chi connectivity index (χ1n) is 6.60. The quantitative estimate of drug-likeness (QED) is 0.567. The Labute approximate surface area is 135 Å². The molecule has 0 atom stereocenters. The van der Waals surface area contributed by atoms with Gasteiger partial charge in [-0.3, -0.25) is 5.43 Å². The predicted molar refractivity (Wildman–Crippen MR) is 88.8 cm³/mol. The highest BCUT2D eigenvalue weighted by atomic mass is 32.1. The minimum atomic E-state index is -1.02. The molecule has 0 amide bonds. The molecule has 0 bridgehead atoms. The van der Waals surface area contributed by atoms with E-state index in [1.807, 2.05) is 30.3 Å². The van der Waals surface area contributed by atoms with Crippen LogP contribution >= 0.6 is 11.3 Å². The summed E-state index contributed by atoms with van der Waals surface area (Å²) in [5.74, 6) is -1.02. The molecule has 0 spiro atoms. The molecule has 2 aromatic carbocycles. The van der Waals surface area contributed by atoms with Gasteiger partial charge in [-0.2, -0.15) is 10.4 Å². The standard InChI is InChI=1S/C16H10N4O2S/c17-9-13(15-18-12-6-1-2-7-14(12)23-15)20-19-11-5-3-4-10(8-11)16(21)22/h1-8,19H,(H,21,22). The molecular weight excluding hydrogens is 312 g/mol. The van der Waals surface area contributed by atoms with Gasteiger partial charge in [0.2, 0.25) is 0 Å². The molecule has 0 saturated carbocycles. The molecule has 0 saturated heterocycles. The summed E-state index contributed by atoms with van der Waals surface area (Å²) in [6, 6.07) is 15.8. The lowest BCUT2D eigenvalue weighted by Crippen LogP contribution is -2.02. The number of hydrogen-bond donors (Lipinski definition) is 2. The average Bonchev–Trinajstić information content (AvgIpc) is 2.99. The van der Waals surface area contributed by atoms with Gasteiger partial charge < -0.3 is 5.11 Å². The number of rotatable bonds is 4. The van der Waals surface area contributed by atoms with Gasteiger partial charge in [-0.15, -0.1) is 11.3 Å². The summed E-state index contributed by atoms with van der Waals surface area (Å²) in [5, 5.41) is 22.8. The van der Waals surface area contributed by atoms with Crippen molar-refractivity contribution in [2.45, 2.75) is 0 Å². The molecule has 0 radical (unpaired) electrons. The van der Waals surface area contributed by atoms with E-state index in [0.29, 0.717) is 10.7 Å². The van der Waals surface area contributed by atoms with Gasteiger partial charge in [0.05, 0.1) is 21.5 Å². The zero-order chi connectivity index (χ0) is 16.2. The van der Waals surface area contributed by atoms with E-state index in [1.54, 1.807) is 12.1 Å². The van der Waals surface area contributed by atoms with Gasteiger partial charge >= 0.3 is 5.97 Å². The number of hydrogen-bond acceptors (Lipinski definition) is 6. The number of para-hydroxylation sites is 1. The highest BCUT2D eigenvalue weighted by Crippen LogP contribution is 2.22. The second-order valence-electron chi connectivity index (χ2n) is 4.56. The summed E-state index contributed by atoms with van der Waals surface area (Å²) in [6.45, 7) is 0. The Hall–Kier alpha value is -3.24. The second-order valence-corrected chi connectivity index (χ2v) is 5.59. The Morgan fingerprint density at radius 2 is 2.09 bits per heavy atom. The number of nitrogens with one attached hydrogen (secondary N) is 1. The van der Waals surface area contributed by atoms with Crippen LogP contribution in [0.5, 0.6) is 0 Å². The molecule has 6 nitrogen and oxygen atoms in total. The Bertz CT molecular complexity index is 923. The number of carboxylic acid groups (broad SMARTS) is 1. The van der Waals surface area contributed by atoms with Crippen molar-refractivity contribution in [2.24, 2.45) is 5.10 Å². The van der Waals surface area contributed by atoms with Gasteiger partial charge in [0, 0.05) is 0 Å². The van der Waals surface area contributed by atoms with Crippen molar-refractivity contribution < 1.29 is 9.90 Å². The summed E-state index contributed by atoms with van der Waals surface area (Å²) >= 11 is 1.37. The van der Waals surface area contributed by atoms with E-state index in [4.69, 9.17) is 5.11 Å². The van der Waals surface area contributed by atoms with Crippen molar-refractivity contribution >= 4 is 38.9 Å². The highest BCUT2D eigenvalue weighted by Gasteiger charge is 2.10. The van der Waals surface area contributed by atoms with Crippen molar-refractivity contribution in [1.82, 2.24) is 4.98 Å². The number of thiazole rings is 1. The first-order valence-corrected chi connectivity index (χ1v) is 7.42. The number of carboxylic acids is 1.